The largest absolute Gasteiger partial charge is 0.481 e. The maximum atomic E-state index is 13.7. The molecule has 0 bridgehead atoms. The van der Waals surface area contributed by atoms with Crippen molar-refractivity contribution in [3.05, 3.63) is 35.4 Å². The van der Waals surface area contributed by atoms with Crippen molar-refractivity contribution in [3.8, 4) is 0 Å². The second kappa shape index (κ2) is 6.85. The summed E-state index contributed by atoms with van der Waals surface area (Å²) >= 11 is 0. The average molecular weight is 311 g/mol. The Morgan fingerprint density at radius 3 is 2.41 bits per heavy atom. The van der Waals surface area contributed by atoms with Crippen LogP contribution in [0, 0.1) is 23.5 Å². The van der Waals surface area contributed by atoms with E-state index in [1.807, 2.05) is 0 Å². The summed E-state index contributed by atoms with van der Waals surface area (Å²) in [7, 11) is 0. The third-order valence-corrected chi connectivity index (χ3v) is 4.19. The molecule has 22 heavy (non-hydrogen) atoms. The molecule has 0 aliphatic heterocycles. The second-order valence-corrected chi connectivity index (χ2v) is 5.76. The van der Waals surface area contributed by atoms with Gasteiger partial charge < -0.3 is 10.4 Å². The molecule has 1 aromatic rings. The molecule has 0 spiro atoms. The summed E-state index contributed by atoms with van der Waals surface area (Å²) in [4.78, 5) is 23.2. The molecule has 120 valence electrons. The molecule has 1 fully saturated rings. The smallest absolute Gasteiger partial charge is 0.306 e. The first-order valence-electron chi connectivity index (χ1n) is 7.37. The molecule has 0 saturated heterocycles. The molecule has 0 radical (unpaired) electrons. The van der Waals surface area contributed by atoms with Crippen LogP contribution in [0.4, 0.5) is 8.78 Å². The van der Waals surface area contributed by atoms with Gasteiger partial charge in [0.25, 0.3) is 0 Å². The lowest BCUT2D eigenvalue weighted by atomic mass is 9.81. The number of benzene rings is 1. The zero-order chi connectivity index (χ0) is 16.3. The molecule has 3 atom stereocenters. The number of carbonyl (C=O) groups is 2. The van der Waals surface area contributed by atoms with Crippen molar-refractivity contribution in [1.82, 2.24) is 5.32 Å². The predicted molar refractivity (Wildman–Crippen MR) is 76.0 cm³/mol. The first kappa shape index (κ1) is 16.4. The third-order valence-electron chi connectivity index (χ3n) is 4.19. The Bertz CT molecular complexity index is 556. The van der Waals surface area contributed by atoms with Crippen LogP contribution >= 0.6 is 0 Å². The Labute approximate surface area is 127 Å². The molecule has 1 aliphatic carbocycles. The molecular weight excluding hydrogens is 292 g/mol. The zero-order valence-corrected chi connectivity index (χ0v) is 12.3. The van der Waals surface area contributed by atoms with Gasteiger partial charge in [0.1, 0.15) is 11.6 Å². The minimum absolute atomic E-state index is 0.179. The number of halogens is 2. The monoisotopic (exact) mass is 311 g/mol. The number of hydrogen-bond acceptors (Lipinski definition) is 2. The van der Waals surface area contributed by atoms with Gasteiger partial charge in [0.05, 0.1) is 12.0 Å². The molecule has 1 amide bonds. The predicted octanol–water partition coefficient (Wildman–Crippen LogP) is 3.03. The van der Waals surface area contributed by atoms with Gasteiger partial charge in [0.15, 0.2) is 0 Å². The highest BCUT2D eigenvalue weighted by molar-refractivity contribution is 5.80. The number of aliphatic carboxylic acids is 1. The molecule has 1 saturated carbocycles. The molecular formula is C16H19F2NO3. The van der Waals surface area contributed by atoms with E-state index in [0.717, 1.165) is 12.1 Å². The fourth-order valence-electron chi connectivity index (χ4n) is 2.98. The Morgan fingerprint density at radius 2 is 1.82 bits per heavy atom. The van der Waals surface area contributed by atoms with Crippen LogP contribution in [0.3, 0.4) is 0 Å². The van der Waals surface area contributed by atoms with Crippen LogP contribution in [0.5, 0.6) is 0 Å². The highest BCUT2D eigenvalue weighted by Gasteiger charge is 2.32. The summed E-state index contributed by atoms with van der Waals surface area (Å²) in [6.07, 6.45) is 2.10. The van der Waals surface area contributed by atoms with Gasteiger partial charge in [-0.15, -0.1) is 0 Å². The zero-order valence-electron chi connectivity index (χ0n) is 12.3. The van der Waals surface area contributed by atoms with E-state index >= 15 is 0 Å². The van der Waals surface area contributed by atoms with E-state index in [4.69, 9.17) is 5.11 Å². The highest BCUT2D eigenvalue weighted by atomic mass is 19.1. The number of rotatable bonds is 4. The summed E-state index contributed by atoms with van der Waals surface area (Å²) in [6, 6.07) is 2.74. The Hall–Kier alpha value is -1.98. The van der Waals surface area contributed by atoms with Crippen molar-refractivity contribution in [3.63, 3.8) is 0 Å². The first-order valence-corrected chi connectivity index (χ1v) is 7.37. The normalized spacial score (nSPS) is 22.9. The topological polar surface area (TPSA) is 66.4 Å². The van der Waals surface area contributed by atoms with Gasteiger partial charge in [-0.1, -0.05) is 12.5 Å². The van der Waals surface area contributed by atoms with Crippen LogP contribution < -0.4 is 5.32 Å². The standard InChI is InChI=1S/C16H19F2NO3/c1-9(14-12(17)6-3-7-13(14)18)19-15(20)10-4-2-5-11(8-10)16(21)22/h3,6-7,9-11H,2,4-5,8H2,1H3,(H,19,20)(H,21,22). The van der Waals surface area contributed by atoms with Crippen molar-refractivity contribution >= 4 is 11.9 Å². The van der Waals surface area contributed by atoms with Crippen molar-refractivity contribution in [2.45, 2.75) is 38.6 Å². The summed E-state index contributed by atoms with van der Waals surface area (Å²) in [5, 5.41) is 11.6. The minimum Gasteiger partial charge on any atom is -0.481 e. The Morgan fingerprint density at radius 1 is 1.23 bits per heavy atom. The fourth-order valence-corrected chi connectivity index (χ4v) is 2.98. The molecule has 4 nitrogen and oxygen atoms in total. The fraction of sp³-hybridized carbons (Fsp3) is 0.500. The van der Waals surface area contributed by atoms with Gasteiger partial charge >= 0.3 is 5.97 Å². The van der Waals surface area contributed by atoms with Crippen LogP contribution in [0.15, 0.2) is 18.2 Å². The number of hydrogen-bond donors (Lipinski definition) is 2. The van der Waals surface area contributed by atoms with Crippen LogP contribution in [-0.2, 0) is 9.59 Å². The van der Waals surface area contributed by atoms with E-state index in [9.17, 15) is 18.4 Å². The molecule has 2 N–H and O–H groups in total. The molecule has 1 aromatic carbocycles. The van der Waals surface area contributed by atoms with E-state index in [2.05, 4.69) is 5.32 Å². The van der Waals surface area contributed by atoms with E-state index in [1.54, 1.807) is 0 Å². The Kier molecular flexibility index (Phi) is 5.11. The summed E-state index contributed by atoms with van der Waals surface area (Å²) in [5.41, 5.74) is -0.179. The van der Waals surface area contributed by atoms with Crippen LogP contribution in [0.1, 0.15) is 44.2 Å². The molecule has 6 heteroatoms. The quantitative estimate of drug-likeness (QED) is 0.898. The second-order valence-electron chi connectivity index (χ2n) is 5.76. The van der Waals surface area contributed by atoms with E-state index < -0.39 is 35.5 Å². The van der Waals surface area contributed by atoms with Crippen LogP contribution in [-0.4, -0.2) is 17.0 Å². The SMILES string of the molecule is CC(NC(=O)C1CCCC(C(=O)O)C1)c1c(F)cccc1F. The molecule has 2 rings (SSSR count). The van der Waals surface area contributed by atoms with Gasteiger partial charge in [-0.25, -0.2) is 8.78 Å². The van der Waals surface area contributed by atoms with E-state index in [1.165, 1.54) is 13.0 Å². The molecule has 0 aromatic heterocycles. The van der Waals surface area contributed by atoms with Crippen LogP contribution in [0.25, 0.3) is 0 Å². The van der Waals surface area contributed by atoms with E-state index in [0.29, 0.717) is 19.3 Å². The number of carboxylic acid groups (broad SMARTS) is 1. The summed E-state index contributed by atoms with van der Waals surface area (Å²) < 4.78 is 27.4. The number of carbonyl (C=O) groups excluding carboxylic acids is 1. The van der Waals surface area contributed by atoms with Gasteiger partial charge in [-0.2, -0.15) is 0 Å². The highest BCUT2D eigenvalue weighted by Crippen LogP contribution is 2.30. The molecule has 1 aliphatic rings. The lowest BCUT2D eigenvalue weighted by molar-refractivity contribution is -0.144. The van der Waals surface area contributed by atoms with Crippen molar-refractivity contribution in [2.75, 3.05) is 0 Å². The van der Waals surface area contributed by atoms with Crippen molar-refractivity contribution in [2.24, 2.45) is 11.8 Å². The van der Waals surface area contributed by atoms with E-state index in [-0.39, 0.29) is 17.9 Å². The van der Waals surface area contributed by atoms with Crippen molar-refractivity contribution < 1.29 is 23.5 Å². The maximum Gasteiger partial charge on any atom is 0.306 e. The first-order chi connectivity index (χ1) is 10.4. The van der Waals surface area contributed by atoms with Gasteiger partial charge in [-0.05, 0) is 38.3 Å². The summed E-state index contributed by atoms with van der Waals surface area (Å²) in [5.74, 6) is -3.61. The average Bonchev–Trinajstić information content (AvgIpc) is 2.47. The molecule has 0 heterocycles. The van der Waals surface area contributed by atoms with Crippen LogP contribution in [0.2, 0.25) is 0 Å². The lowest BCUT2D eigenvalue weighted by Gasteiger charge is -2.27. The Balaban J connectivity index is 2.03. The van der Waals surface area contributed by atoms with Crippen molar-refractivity contribution in [1.29, 1.82) is 0 Å². The van der Waals surface area contributed by atoms with Gasteiger partial charge in [0.2, 0.25) is 5.91 Å². The molecule has 3 unspecified atom stereocenters. The van der Waals surface area contributed by atoms with Gasteiger partial charge in [0, 0.05) is 11.5 Å². The van der Waals surface area contributed by atoms with Gasteiger partial charge in [-0.3, -0.25) is 9.59 Å². The maximum absolute atomic E-state index is 13.7. The third kappa shape index (κ3) is 3.61. The number of nitrogens with one attached hydrogen (secondary N) is 1. The minimum atomic E-state index is -0.898. The lowest BCUT2D eigenvalue weighted by Crippen LogP contribution is -2.37. The number of amides is 1. The number of carboxylic acids is 1. The summed E-state index contributed by atoms with van der Waals surface area (Å²) in [6.45, 7) is 1.51.